The summed E-state index contributed by atoms with van der Waals surface area (Å²) in [6.45, 7) is 2.23. The molecule has 0 aliphatic heterocycles. The molecule has 0 amide bonds. The van der Waals surface area contributed by atoms with E-state index in [4.69, 9.17) is 14.6 Å². The van der Waals surface area contributed by atoms with Gasteiger partial charge in [0.2, 0.25) is 0 Å². The van der Waals surface area contributed by atoms with Crippen LogP contribution in [0.2, 0.25) is 0 Å². The Labute approximate surface area is 104 Å². The minimum absolute atomic E-state index is 0.0134. The molecule has 1 aromatic rings. The molecule has 18 heavy (non-hydrogen) atoms. The molecule has 0 saturated carbocycles. The molecular weight excluding hydrogens is 243 g/mol. The third-order valence-corrected chi connectivity index (χ3v) is 2.12. The van der Waals surface area contributed by atoms with Crippen molar-refractivity contribution >= 4 is 5.97 Å². The Hall–Kier alpha value is -1.66. The topological polar surface area (TPSA) is 76.0 Å². The van der Waals surface area contributed by atoms with Crippen molar-refractivity contribution in [1.29, 1.82) is 0 Å². The zero-order valence-electron chi connectivity index (χ0n) is 9.93. The van der Waals surface area contributed by atoms with Crippen molar-refractivity contribution in [3.05, 3.63) is 29.6 Å². The summed E-state index contributed by atoms with van der Waals surface area (Å²) in [5.41, 5.74) is -0.279. The van der Waals surface area contributed by atoms with E-state index in [0.717, 1.165) is 12.1 Å². The fourth-order valence-electron chi connectivity index (χ4n) is 1.28. The minimum Gasteiger partial charge on any atom is -0.490 e. The van der Waals surface area contributed by atoms with Crippen molar-refractivity contribution < 1.29 is 28.9 Å². The second kappa shape index (κ2) is 6.93. The molecule has 1 unspecified atom stereocenters. The summed E-state index contributed by atoms with van der Waals surface area (Å²) in [6.07, 6.45) is -0.864. The molecule has 0 aliphatic carbocycles. The van der Waals surface area contributed by atoms with Crippen LogP contribution in [-0.4, -0.2) is 42.1 Å². The van der Waals surface area contributed by atoms with Gasteiger partial charge in [-0.05, 0) is 25.1 Å². The standard InChI is InChI=1S/C12H15FO5/c1-2-17-6-9(14)7-18-11-4-3-8(13)5-10(11)12(15)16/h3-5,9,14H,2,6-7H2,1H3,(H,15,16). The van der Waals surface area contributed by atoms with Gasteiger partial charge in [-0.2, -0.15) is 0 Å². The van der Waals surface area contributed by atoms with Crippen LogP contribution < -0.4 is 4.74 Å². The second-order valence-electron chi connectivity index (χ2n) is 3.57. The van der Waals surface area contributed by atoms with Gasteiger partial charge in [0, 0.05) is 6.61 Å². The number of carboxylic acids is 1. The normalized spacial score (nSPS) is 12.2. The number of hydrogen-bond acceptors (Lipinski definition) is 4. The number of halogens is 1. The molecule has 0 spiro atoms. The lowest BCUT2D eigenvalue weighted by atomic mass is 10.2. The largest absolute Gasteiger partial charge is 0.490 e. The highest BCUT2D eigenvalue weighted by molar-refractivity contribution is 5.90. The van der Waals surface area contributed by atoms with Gasteiger partial charge in [-0.25, -0.2) is 9.18 Å². The SMILES string of the molecule is CCOCC(O)COc1ccc(F)cc1C(=O)O. The quantitative estimate of drug-likeness (QED) is 0.771. The van der Waals surface area contributed by atoms with Crippen LogP contribution in [0.4, 0.5) is 4.39 Å². The molecule has 0 aromatic heterocycles. The molecule has 2 N–H and O–H groups in total. The summed E-state index contributed by atoms with van der Waals surface area (Å²) in [5, 5.41) is 18.3. The highest BCUT2D eigenvalue weighted by Crippen LogP contribution is 2.19. The molecule has 1 atom stereocenters. The molecule has 100 valence electrons. The maximum Gasteiger partial charge on any atom is 0.339 e. The Kier molecular flexibility index (Phi) is 5.54. The van der Waals surface area contributed by atoms with Gasteiger partial charge < -0.3 is 19.7 Å². The first-order chi connectivity index (χ1) is 8.54. The zero-order chi connectivity index (χ0) is 13.5. The number of ether oxygens (including phenoxy) is 2. The van der Waals surface area contributed by atoms with Crippen molar-refractivity contribution in [1.82, 2.24) is 0 Å². The highest BCUT2D eigenvalue weighted by atomic mass is 19.1. The van der Waals surface area contributed by atoms with Crippen LogP contribution in [0, 0.1) is 5.82 Å². The van der Waals surface area contributed by atoms with E-state index in [2.05, 4.69) is 0 Å². The monoisotopic (exact) mass is 258 g/mol. The van der Waals surface area contributed by atoms with E-state index in [1.54, 1.807) is 6.92 Å². The molecule has 0 aliphatic rings. The van der Waals surface area contributed by atoms with Gasteiger partial charge >= 0.3 is 5.97 Å². The van der Waals surface area contributed by atoms with E-state index in [9.17, 15) is 14.3 Å². The van der Waals surface area contributed by atoms with Crippen LogP contribution in [0.1, 0.15) is 17.3 Å². The number of aliphatic hydroxyl groups excluding tert-OH is 1. The first-order valence-electron chi connectivity index (χ1n) is 5.46. The van der Waals surface area contributed by atoms with Crippen LogP contribution in [0.5, 0.6) is 5.75 Å². The highest BCUT2D eigenvalue weighted by Gasteiger charge is 2.14. The first kappa shape index (κ1) is 14.4. The Morgan fingerprint density at radius 3 is 2.78 bits per heavy atom. The Morgan fingerprint density at radius 2 is 2.17 bits per heavy atom. The van der Waals surface area contributed by atoms with Crippen molar-refractivity contribution in [3.8, 4) is 5.75 Å². The summed E-state index contributed by atoms with van der Waals surface area (Å²) >= 11 is 0. The molecule has 1 aromatic carbocycles. The molecule has 0 radical (unpaired) electrons. The van der Waals surface area contributed by atoms with E-state index < -0.39 is 17.9 Å². The van der Waals surface area contributed by atoms with E-state index >= 15 is 0 Å². The maximum atomic E-state index is 12.9. The molecule has 0 bridgehead atoms. The molecule has 0 saturated heterocycles. The van der Waals surface area contributed by atoms with E-state index in [0.29, 0.717) is 6.61 Å². The number of rotatable bonds is 7. The predicted octanol–water partition coefficient (Wildman–Crippen LogP) is 1.30. The molecule has 6 heteroatoms. The van der Waals surface area contributed by atoms with Crippen molar-refractivity contribution in [2.45, 2.75) is 13.0 Å². The van der Waals surface area contributed by atoms with Crippen molar-refractivity contribution in [3.63, 3.8) is 0 Å². The van der Waals surface area contributed by atoms with Gasteiger partial charge in [0.1, 0.15) is 29.8 Å². The Bertz CT molecular complexity index is 407. The molecule has 0 heterocycles. The summed E-state index contributed by atoms with van der Waals surface area (Å²) in [4.78, 5) is 10.9. The number of aromatic carboxylic acids is 1. The predicted molar refractivity (Wildman–Crippen MR) is 61.4 cm³/mol. The number of carboxylic acid groups (broad SMARTS) is 1. The number of benzene rings is 1. The molecule has 5 nitrogen and oxygen atoms in total. The smallest absolute Gasteiger partial charge is 0.339 e. The minimum atomic E-state index is -1.29. The van der Waals surface area contributed by atoms with E-state index in [1.165, 1.54) is 6.07 Å². The lowest BCUT2D eigenvalue weighted by Crippen LogP contribution is -2.24. The molecule has 1 rings (SSSR count). The fraction of sp³-hybridized carbons (Fsp3) is 0.417. The third kappa shape index (κ3) is 4.31. The fourth-order valence-corrected chi connectivity index (χ4v) is 1.28. The van der Waals surface area contributed by atoms with Gasteiger partial charge in [-0.15, -0.1) is 0 Å². The average molecular weight is 258 g/mol. The van der Waals surface area contributed by atoms with Crippen LogP contribution in [-0.2, 0) is 4.74 Å². The molecular formula is C12H15FO5. The number of aliphatic hydroxyl groups is 1. The van der Waals surface area contributed by atoms with Crippen molar-refractivity contribution in [2.24, 2.45) is 0 Å². The van der Waals surface area contributed by atoms with Crippen LogP contribution in [0.15, 0.2) is 18.2 Å². The zero-order valence-corrected chi connectivity index (χ0v) is 9.93. The Balaban J connectivity index is 2.64. The van der Waals surface area contributed by atoms with E-state index in [-0.39, 0.29) is 24.5 Å². The second-order valence-corrected chi connectivity index (χ2v) is 3.57. The number of hydrogen-bond donors (Lipinski definition) is 2. The average Bonchev–Trinajstić information content (AvgIpc) is 2.34. The summed E-state index contributed by atoms with van der Waals surface area (Å²) < 4.78 is 23.0. The maximum absolute atomic E-state index is 12.9. The lowest BCUT2D eigenvalue weighted by molar-refractivity contribution is 0.0160. The van der Waals surface area contributed by atoms with Crippen LogP contribution >= 0.6 is 0 Å². The van der Waals surface area contributed by atoms with Gasteiger partial charge in [0.25, 0.3) is 0 Å². The van der Waals surface area contributed by atoms with Gasteiger partial charge in [0.15, 0.2) is 0 Å². The summed E-state index contributed by atoms with van der Waals surface area (Å²) in [5.74, 6) is -1.93. The van der Waals surface area contributed by atoms with Crippen LogP contribution in [0.25, 0.3) is 0 Å². The molecule has 0 fully saturated rings. The summed E-state index contributed by atoms with van der Waals surface area (Å²) in [6, 6.07) is 3.18. The van der Waals surface area contributed by atoms with Crippen LogP contribution in [0.3, 0.4) is 0 Å². The van der Waals surface area contributed by atoms with Gasteiger partial charge in [0.05, 0.1) is 6.61 Å². The van der Waals surface area contributed by atoms with Crippen molar-refractivity contribution in [2.75, 3.05) is 19.8 Å². The lowest BCUT2D eigenvalue weighted by Gasteiger charge is -2.13. The van der Waals surface area contributed by atoms with E-state index in [1.807, 2.05) is 0 Å². The Morgan fingerprint density at radius 1 is 1.44 bits per heavy atom. The summed E-state index contributed by atoms with van der Waals surface area (Å²) in [7, 11) is 0. The van der Waals surface area contributed by atoms with Gasteiger partial charge in [-0.1, -0.05) is 0 Å². The van der Waals surface area contributed by atoms with Gasteiger partial charge in [-0.3, -0.25) is 0 Å². The first-order valence-corrected chi connectivity index (χ1v) is 5.46. The number of carbonyl (C=O) groups is 1. The third-order valence-electron chi connectivity index (χ3n) is 2.12.